The van der Waals surface area contributed by atoms with Crippen LogP contribution in [0.25, 0.3) is 0 Å². The lowest BCUT2D eigenvalue weighted by molar-refractivity contribution is -0.137. The average molecular weight is 565 g/mol. The van der Waals surface area contributed by atoms with Gasteiger partial charge in [0, 0.05) is 45.5 Å². The van der Waals surface area contributed by atoms with Crippen molar-refractivity contribution in [2.24, 2.45) is 12.0 Å². The fourth-order valence-corrected chi connectivity index (χ4v) is 3.42. The van der Waals surface area contributed by atoms with Crippen LogP contribution in [0.5, 0.6) is 0 Å². The van der Waals surface area contributed by atoms with Crippen molar-refractivity contribution in [2.45, 2.75) is 39.4 Å². The van der Waals surface area contributed by atoms with Gasteiger partial charge in [-0.2, -0.15) is 13.2 Å². The quantitative estimate of drug-likeness (QED) is 0.250. The zero-order valence-electron chi connectivity index (χ0n) is 18.7. The van der Waals surface area contributed by atoms with Crippen molar-refractivity contribution in [3.63, 3.8) is 0 Å². The number of alkyl halides is 3. The summed E-state index contributed by atoms with van der Waals surface area (Å²) in [6, 6.07) is 5.38. The first kappa shape index (κ1) is 26.2. The molecular formula is C21H31F3IN7. The van der Waals surface area contributed by atoms with Gasteiger partial charge in [-0.05, 0) is 37.6 Å². The number of rotatable bonds is 6. The average Bonchev–Trinajstić information content (AvgIpc) is 3.08. The molecule has 178 valence electrons. The van der Waals surface area contributed by atoms with Crippen molar-refractivity contribution in [1.82, 2.24) is 25.0 Å². The monoisotopic (exact) mass is 565 g/mol. The zero-order valence-corrected chi connectivity index (χ0v) is 21.0. The molecule has 0 saturated carbocycles. The van der Waals surface area contributed by atoms with Crippen LogP contribution in [0.3, 0.4) is 0 Å². The second-order valence-corrected chi connectivity index (χ2v) is 7.66. The summed E-state index contributed by atoms with van der Waals surface area (Å²) in [5.74, 6) is 2.48. The van der Waals surface area contributed by atoms with Crippen molar-refractivity contribution >= 4 is 35.6 Å². The summed E-state index contributed by atoms with van der Waals surface area (Å²) in [6.45, 7) is 8.21. The van der Waals surface area contributed by atoms with E-state index in [1.54, 1.807) is 12.1 Å². The number of nitrogens with zero attached hydrogens (tertiary/aromatic N) is 6. The van der Waals surface area contributed by atoms with Crippen LogP contribution in [0, 0.1) is 6.92 Å². The maximum absolute atomic E-state index is 12.8. The van der Waals surface area contributed by atoms with Crippen LogP contribution in [0.2, 0.25) is 0 Å². The molecule has 0 spiro atoms. The zero-order chi connectivity index (χ0) is 22.4. The van der Waals surface area contributed by atoms with Crippen molar-refractivity contribution in [1.29, 1.82) is 0 Å². The molecule has 1 saturated heterocycles. The third-order valence-corrected chi connectivity index (χ3v) is 5.51. The van der Waals surface area contributed by atoms with Crippen molar-refractivity contribution in [3.05, 3.63) is 41.5 Å². The number of benzene rings is 1. The molecule has 2 aromatic rings. The number of halogens is 4. The number of aromatic nitrogens is 3. The Hall–Kier alpha value is -2.05. The van der Waals surface area contributed by atoms with Gasteiger partial charge in [0.25, 0.3) is 0 Å². The Morgan fingerprint density at radius 3 is 2.28 bits per heavy atom. The van der Waals surface area contributed by atoms with E-state index in [2.05, 4.69) is 32.2 Å². The highest BCUT2D eigenvalue weighted by Crippen LogP contribution is 2.30. The van der Waals surface area contributed by atoms with E-state index < -0.39 is 11.7 Å². The number of guanidine groups is 1. The minimum atomic E-state index is -4.31. The number of hydrogen-bond acceptors (Lipinski definition) is 4. The SMILES string of the molecule is CCCCNC(=NCc1nnc(C)n1C)N1CCN(c2ccc(C(F)(F)F)cc2)CC1.I. The molecular weight excluding hydrogens is 534 g/mol. The second kappa shape index (κ2) is 11.7. The number of anilines is 1. The van der Waals surface area contributed by atoms with Gasteiger partial charge in [-0.1, -0.05) is 13.3 Å². The van der Waals surface area contributed by atoms with Crippen molar-refractivity contribution in [3.8, 4) is 0 Å². The summed E-state index contributed by atoms with van der Waals surface area (Å²) in [6.07, 6.45) is -2.17. The molecule has 1 N–H and O–H groups in total. The molecule has 1 fully saturated rings. The van der Waals surface area contributed by atoms with Crippen LogP contribution < -0.4 is 10.2 Å². The van der Waals surface area contributed by atoms with Gasteiger partial charge in [0.05, 0.1) is 5.56 Å². The van der Waals surface area contributed by atoms with Crippen LogP contribution in [-0.2, 0) is 19.8 Å². The summed E-state index contributed by atoms with van der Waals surface area (Å²) in [4.78, 5) is 9.06. The molecule has 0 atom stereocenters. The number of piperazine rings is 1. The molecule has 3 rings (SSSR count). The lowest BCUT2D eigenvalue weighted by atomic mass is 10.1. The largest absolute Gasteiger partial charge is 0.416 e. The Morgan fingerprint density at radius 2 is 1.75 bits per heavy atom. The van der Waals surface area contributed by atoms with Gasteiger partial charge < -0.3 is 19.7 Å². The van der Waals surface area contributed by atoms with Gasteiger partial charge in [-0.3, -0.25) is 0 Å². The smallest absolute Gasteiger partial charge is 0.368 e. The molecule has 1 aromatic carbocycles. The third-order valence-electron chi connectivity index (χ3n) is 5.51. The Labute approximate surface area is 204 Å². The molecule has 0 aliphatic carbocycles. The molecule has 1 aliphatic rings. The van der Waals surface area contributed by atoms with Crippen LogP contribution in [0.4, 0.5) is 18.9 Å². The second-order valence-electron chi connectivity index (χ2n) is 7.66. The highest BCUT2D eigenvalue weighted by molar-refractivity contribution is 14.0. The third kappa shape index (κ3) is 6.72. The van der Waals surface area contributed by atoms with E-state index in [4.69, 9.17) is 4.99 Å². The Kier molecular flexibility index (Phi) is 9.59. The van der Waals surface area contributed by atoms with Gasteiger partial charge >= 0.3 is 6.18 Å². The predicted molar refractivity (Wildman–Crippen MR) is 130 cm³/mol. The number of nitrogens with one attached hydrogen (secondary N) is 1. The summed E-state index contributed by atoms with van der Waals surface area (Å²) >= 11 is 0. The molecule has 11 heteroatoms. The molecule has 32 heavy (non-hydrogen) atoms. The lowest BCUT2D eigenvalue weighted by Crippen LogP contribution is -2.52. The van der Waals surface area contributed by atoms with Gasteiger partial charge in [0.15, 0.2) is 11.8 Å². The molecule has 2 heterocycles. The van der Waals surface area contributed by atoms with E-state index in [-0.39, 0.29) is 24.0 Å². The van der Waals surface area contributed by atoms with E-state index in [0.717, 1.165) is 67.9 Å². The number of hydrogen-bond donors (Lipinski definition) is 1. The van der Waals surface area contributed by atoms with Crippen molar-refractivity contribution in [2.75, 3.05) is 37.6 Å². The number of unbranched alkanes of at least 4 members (excludes halogenated alkanes) is 1. The van der Waals surface area contributed by atoms with Gasteiger partial charge in [-0.25, -0.2) is 4.99 Å². The molecule has 0 bridgehead atoms. The van der Waals surface area contributed by atoms with E-state index >= 15 is 0 Å². The van der Waals surface area contributed by atoms with Crippen LogP contribution in [0.1, 0.15) is 37.0 Å². The summed E-state index contributed by atoms with van der Waals surface area (Å²) in [5.41, 5.74) is 0.183. The Bertz CT molecular complexity index is 873. The lowest BCUT2D eigenvalue weighted by Gasteiger charge is -2.38. The topological polar surface area (TPSA) is 61.6 Å². The minimum absolute atomic E-state index is 0. The maximum Gasteiger partial charge on any atom is 0.416 e. The molecule has 1 aliphatic heterocycles. The highest BCUT2D eigenvalue weighted by Gasteiger charge is 2.30. The van der Waals surface area contributed by atoms with Crippen LogP contribution in [-0.4, -0.2) is 58.3 Å². The van der Waals surface area contributed by atoms with E-state index in [9.17, 15) is 13.2 Å². The normalized spacial score (nSPS) is 15.0. The number of aryl methyl sites for hydroxylation is 1. The molecule has 0 unspecified atom stereocenters. The fourth-order valence-electron chi connectivity index (χ4n) is 3.42. The first-order valence-corrected chi connectivity index (χ1v) is 10.6. The summed E-state index contributed by atoms with van der Waals surface area (Å²) in [7, 11) is 1.92. The van der Waals surface area contributed by atoms with E-state index in [0.29, 0.717) is 19.6 Å². The first-order valence-electron chi connectivity index (χ1n) is 10.6. The molecule has 1 aromatic heterocycles. The first-order chi connectivity index (χ1) is 14.8. The number of aliphatic imine (C=N–C) groups is 1. The van der Waals surface area contributed by atoms with E-state index in [1.165, 1.54) is 0 Å². The minimum Gasteiger partial charge on any atom is -0.368 e. The standard InChI is InChI=1S/C21H30F3N7.HI/c1-4-5-10-25-20(26-15-19-28-27-16(2)29(19)3)31-13-11-30(12-14-31)18-8-6-17(7-9-18)21(22,23)24;/h6-9H,4-5,10-15H2,1-3H3,(H,25,26);1H. The maximum atomic E-state index is 12.8. The van der Waals surface area contributed by atoms with Crippen LogP contribution in [0.15, 0.2) is 29.3 Å². The summed E-state index contributed by atoms with van der Waals surface area (Å²) < 4.78 is 40.3. The Balaban J connectivity index is 0.00000363. The van der Waals surface area contributed by atoms with Gasteiger partial charge in [0.1, 0.15) is 12.4 Å². The molecule has 0 amide bonds. The van der Waals surface area contributed by atoms with E-state index in [1.807, 2.05) is 18.5 Å². The van der Waals surface area contributed by atoms with Crippen LogP contribution >= 0.6 is 24.0 Å². The summed E-state index contributed by atoms with van der Waals surface area (Å²) in [5, 5.41) is 11.7. The van der Waals surface area contributed by atoms with Gasteiger partial charge in [0.2, 0.25) is 0 Å². The Morgan fingerprint density at radius 1 is 1.09 bits per heavy atom. The highest BCUT2D eigenvalue weighted by atomic mass is 127. The van der Waals surface area contributed by atoms with Crippen molar-refractivity contribution < 1.29 is 13.2 Å². The molecule has 7 nitrogen and oxygen atoms in total. The predicted octanol–water partition coefficient (Wildman–Crippen LogP) is 3.83. The molecule has 0 radical (unpaired) electrons. The van der Waals surface area contributed by atoms with Gasteiger partial charge in [-0.15, -0.1) is 34.2 Å². The fraction of sp³-hybridized carbons (Fsp3) is 0.571.